The highest BCUT2D eigenvalue weighted by atomic mass is 16.5. The lowest BCUT2D eigenvalue weighted by Gasteiger charge is -2.09. The van der Waals surface area contributed by atoms with Gasteiger partial charge in [-0.1, -0.05) is 37.3 Å². The minimum atomic E-state index is -0.996. The van der Waals surface area contributed by atoms with E-state index in [1.165, 1.54) is 0 Å². The Labute approximate surface area is 100.0 Å². The maximum Gasteiger partial charge on any atom is 0.309 e. The predicted octanol–water partition coefficient (Wildman–Crippen LogP) is 2.00. The number of carboxylic acid groups (broad SMARTS) is 1. The second kappa shape index (κ2) is 7.40. The molecule has 5 heteroatoms. The normalized spacial score (nSPS) is 11.1. The summed E-state index contributed by atoms with van der Waals surface area (Å²) in [5.74, 6) is -2.09. The molecule has 0 aliphatic carbocycles. The topological polar surface area (TPSA) is 98.6 Å². The molecule has 1 atom stereocenters. The van der Waals surface area contributed by atoms with Crippen LogP contribution in [0.1, 0.15) is 18.9 Å². The number of rotatable bonds is 5. The highest BCUT2D eigenvalue weighted by molar-refractivity contribution is 5.78. The van der Waals surface area contributed by atoms with Crippen molar-refractivity contribution >= 4 is 11.9 Å². The quantitative estimate of drug-likeness (QED) is 0.765. The lowest BCUT2D eigenvalue weighted by molar-refractivity contribution is -0.153. The van der Waals surface area contributed by atoms with Crippen LogP contribution in [-0.2, 0) is 20.9 Å². The first-order valence-electron chi connectivity index (χ1n) is 5.02. The molecule has 0 saturated heterocycles. The third kappa shape index (κ3) is 5.67. The van der Waals surface area contributed by atoms with Crippen molar-refractivity contribution in [3.63, 3.8) is 0 Å². The summed E-state index contributed by atoms with van der Waals surface area (Å²) in [6, 6.07) is 9.26. The Morgan fingerprint density at radius 3 is 2.41 bits per heavy atom. The van der Waals surface area contributed by atoms with Crippen molar-refractivity contribution in [1.29, 1.82) is 0 Å². The van der Waals surface area contributed by atoms with E-state index in [0.717, 1.165) is 5.56 Å². The van der Waals surface area contributed by atoms with E-state index in [-0.39, 0.29) is 19.2 Å². The Balaban J connectivity index is 0.00000256. The van der Waals surface area contributed by atoms with Crippen LogP contribution in [0.5, 0.6) is 0 Å². The lowest BCUT2D eigenvalue weighted by Crippen LogP contribution is -2.17. The summed E-state index contributed by atoms with van der Waals surface area (Å²) in [5, 5.41) is 8.51. The summed E-state index contributed by atoms with van der Waals surface area (Å²) in [7, 11) is 0. The minimum Gasteiger partial charge on any atom is -0.481 e. The second-order valence-electron chi connectivity index (χ2n) is 3.59. The molecule has 4 N–H and O–H groups in total. The molecule has 0 spiro atoms. The van der Waals surface area contributed by atoms with Crippen LogP contribution in [0, 0.1) is 5.92 Å². The maximum atomic E-state index is 11.4. The molecule has 94 valence electrons. The molecule has 0 aromatic heterocycles. The summed E-state index contributed by atoms with van der Waals surface area (Å²) >= 11 is 0. The van der Waals surface area contributed by atoms with Gasteiger partial charge in [0.1, 0.15) is 6.61 Å². The van der Waals surface area contributed by atoms with E-state index in [9.17, 15) is 9.59 Å². The van der Waals surface area contributed by atoms with Gasteiger partial charge in [-0.3, -0.25) is 9.59 Å². The van der Waals surface area contributed by atoms with Crippen molar-refractivity contribution in [3.05, 3.63) is 35.9 Å². The number of aliphatic carboxylic acids is 1. The van der Waals surface area contributed by atoms with Gasteiger partial charge < -0.3 is 16.0 Å². The summed E-state index contributed by atoms with van der Waals surface area (Å²) < 4.78 is 4.99. The van der Waals surface area contributed by atoms with Crippen molar-refractivity contribution < 1.29 is 19.4 Å². The molecule has 0 radical (unpaired) electrons. The van der Waals surface area contributed by atoms with Crippen LogP contribution in [0.25, 0.3) is 0 Å². The molecule has 1 rings (SSSR count). The van der Waals surface area contributed by atoms with Gasteiger partial charge in [0.15, 0.2) is 0 Å². The molecule has 0 heterocycles. The highest BCUT2D eigenvalue weighted by Gasteiger charge is 2.17. The van der Waals surface area contributed by atoms with Gasteiger partial charge in [-0.15, -0.1) is 0 Å². The Morgan fingerprint density at radius 1 is 1.29 bits per heavy atom. The van der Waals surface area contributed by atoms with Gasteiger partial charge in [-0.05, 0) is 5.56 Å². The van der Waals surface area contributed by atoms with Crippen LogP contribution in [0.3, 0.4) is 0 Å². The number of hydrogen-bond acceptors (Lipinski definition) is 4. The SMILES string of the molecule is CC(CC(=O)O)C(=O)OCc1ccccc1.N. The van der Waals surface area contributed by atoms with Gasteiger partial charge >= 0.3 is 11.9 Å². The van der Waals surface area contributed by atoms with Crippen molar-refractivity contribution in [2.45, 2.75) is 20.0 Å². The Morgan fingerprint density at radius 2 is 1.88 bits per heavy atom. The Bertz CT molecular complexity index is 364. The molecule has 0 amide bonds. The van der Waals surface area contributed by atoms with Crippen LogP contribution in [-0.4, -0.2) is 17.0 Å². The smallest absolute Gasteiger partial charge is 0.309 e. The highest BCUT2D eigenvalue weighted by Crippen LogP contribution is 2.07. The molecule has 0 saturated carbocycles. The van der Waals surface area contributed by atoms with Gasteiger partial charge in [0.05, 0.1) is 12.3 Å². The Kier molecular flexibility index (Phi) is 6.58. The fourth-order valence-electron chi connectivity index (χ4n) is 1.22. The van der Waals surface area contributed by atoms with Gasteiger partial charge in [-0.2, -0.15) is 0 Å². The molecular formula is C12H17NO4. The number of carboxylic acids is 1. The number of carbonyl (C=O) groups is 2. The van der Waals surface area contributed by atoms with Gasteiger partial charge in [0.25, 0.3) is 0 Å². The maximum absolute atomic E-state index is 11.4. The van der Waals surface area contributed by atoms with E-state index in [1.807, 2.05) is 30.3 Å². The van der Waals surface area contributed by atoms with Gasteiger partial charge in [0, 0.05) is 0 Å². The van der Waals surface area contributed by atoms with Gasteiger partial charge in [0.2, 0.25) is 0 Å². The van der Waals surface area contributed by atoms with E-state index in [2.05, 4.69) is 0 Å². The van der Waals surface area contributed by atoms with Gasteiger partial charge in [-0.25, -0.2) is 0 Å². The van der Waals surface area contributed by atoms with Crippen LogP contribution in [0.15, 0.2) is 30.3 Å². The van der Waals surface area contributed by atoms with Crippen molar-refractivity contribution in [3.8, 4) is 0 Å². The minimum absolute atomic E-state index is 0. The summed E-state index contributed by atoms with van der Waals surface area (Å²) in [6.45, 7) is 1.73. The first-order chi connectivity index (χ1) is 7.59. The van der Waals surface area contributed by atoms with E-state index >= 15 is 0 Å². The standard InChI is InChI=1S/C12H14O4.H3N/c1-9(7-11(13)14)12(15)16-8-10-5-3-2-4-6-10;/h2-6,9H,7-8H2,1H3,(H,13,14);1H3. The van der Waals surface area contributed by atoms with E-state index < -0.39 is 17.9 Å². The largest absolute Gasteiger partial charge is 0.481 e. The first-order valence-corrected chi connectivity index (χ1v) is 5.02. The molecule has 1 aromatic rings. The third-order valence-corrected chi connectivity index (χ3v) is 2.11. The molecular weight excluding hydrogens is 222 g/mol. The van der Waals surface area contributed by atoms with Crippen LogP contribution in [0.2, 0.25) is 0 Å². The Hall–Kier alpha value is -1.88. The predicted molar refractivity (Wildman–Crippen MR) is 62.7 cm³/mol. The summed E-state index contributed by atoms with van der Waals surface area (Å²) in [5.41, 5.74) is 0.887. The lowest BCUT2D eigenvalue weighted by atomic mass is 10.1. The van der Waals surface area contributed by atoms with Crippen molar-refractivity contribution in [2.24, 2.45) is 5.92 Å². The average molecular weight is 239 g/mol. The molecule has 0 aliphatic heterocycles. The average Bonchev–Trinajstić information content (AvgIpc) is 2.26. The fraction of sp³-hybridized carbons (Fsp3) is 0.333. The number of ether oxygens (including phenoxy) is 1. The monoisotopic (exact) mass is 239 g/mol. The third-order valence-electron chi connectivity index (χ3n) is 2.11. The van der Waals surface area contributed by atoms with E-state index in [4.69, 9.17) is 9.84 Å². The molecule has 1 unspecified atom stereocenters. The number of carbonyl (C=O) groups excluding carboxylic acids is 1. The van der Waals surface area contributed by atoms with E-state index in [1.54, 1.807) is 6.92 Å². The number of hydrogen-bond donors (Lipinski definition) is 2. The zero-order valence-electron chi connectivity index (χ0n) is 9.76. The van der Waals surface area contributed by atoms with Crippen molar-refractivity contribution in [2.75, 3.05) is 0 Å². The van der Waals surface area contributed by atoms with Crippen LogP contribution < -0.4 is 6.15 Å². The van der Waals surface area contributed by atoms with Crippen LogP contribution >= 0.6 is 0 Å². The van der Waals surface area contributed by atoms with Crippen LogP contribution in [0.4, 0.5) is 0 Å². The molecule has 1 aromatic carbocycles. The molecule has 0 fully saturated rings. The first kappa shape index (κ1) is 15.1. The number of benzene rings is 1. The zero-order valence-corrected chi connectivity index (χ0v) is 9.76. The fourth-order valence-corrected chi connectivity index (χ4v) is 1.22. The molecule has 0 bridgehead atoms. The van der Waals surface area contributed by atoms with Crippen molar-refractivity contribution in [1.82, 2.24) is 6.15 Å². The summed E-state index contributed by atoms with van der Waals surface area (Å²) in [4.78, 5) is 21.7. The summed E-state index contributed by atoms with van der Waals surface area (Å²) in [6.07, 6.45) is -0.201. The van der Waals surface area contributed by atoms with E-state index in [0.29, 0.717) is 0 Å². The molecule has 5 nitrogen and oxygen atoms in total. The second-order valence-corrected chi connectivity index (χ2v) is 3.59. The number of esters is 1. The zero-order chi connectivity index (χ0) is 12.0. The molecule has 0 aliphatic rings. The molecule has 17 heavy (non-hydrogen) atoms.